The second-order valence-electron chi connectivity index (χ2n) is 4.17. The molecule has 4 heteroatoms. The van der Waals surface area contributed by atoms with Crippen molar-refractivity contribution >= 4 is 16.9 Å². The van der Waals surface area contributed by atoms with Gasteiger partial charge in [-0.2, -0.15) is 0 Å². The van der Waals surface area contributed by atoms with Crippen LogP contribution in [0.25, 0.3) is 0 Å². The van der Waals surface area contributed by atoms with Gasteiger partial charge in [0.25, 0.3) is 0 Å². The second kappa shape index (κ2) is 5.75. The van der Waals surface area contributed by atoms with Gasteiger partial charge in [-0.3, -0.25) is 4.99 Å². The van der Waals surface area contributed by atoms with Gasteiger partial charge in [0.15, 0.2) is 5.17 Å². The van der Waals surface area contributed by atoms with Crippen molar-refractivity contribution in [2.45, 2.75) is 44.8 Å². The molecule has 3 nitrogen and oxygen atoms in total. The minimum Gasteiger partial charge on any atom is -0.376 e. The molecule has 2 unspecified atom stereocenters. The normalized spacial score (nSPS) is 34.3. The molecule has 2 rings (SSSR count). The average molecular weight is 228 g/mol. The first-order chi connectivity index (χ1) is 7.38. The zero-order valence-corrected chi connectivity index (χ0v) is 10.2. The van der Waals surface area contributed by atoms with E-state index in [-0.39, 0.29) is 0 Å². The number of nitrogens with one attached hydrogen (secondary N) is 1. The third-order valence-corrected chi connectivity index (χ3v) is 3.95. The Morgan fingerprint density at radius 3 is 3.20 bits per heavy atom. The fraction of sp³-hybridized carbons (Fsp3) is 0.909. The standard InChI is InChI=1S/C11H20N2OS/c1-2-9-5-7-15-11(13-9)12-8-10-4-3-6-14-10/h9-10H,2-8H2,1H3,(H,12,13). The van der Waals surface area contributed by atoms with Crippen molar-refractivity contribution in [2.24, 2.45) is 4.99 Å². The van der Waals surface area contributed by atoms with Crippen LogP contribution in [0.5, 0.6) is 0 Å². The summed E-state index contributed by atoms with van der Waals surface area (Å²) in [5.41, 5.74) is 0. The summed E-state index contributed by atoms with van der Waals surface area (Å²) in [6.45, 7) is 3.99. The first-order valence-electron chi connectivity index (χ1n) is 5.94. The first kappa shape index (κ1) is 11.3. The SMILES string of the molecule is CCC1CCSC(=NCC2CCCO2)N1. The molecule has 0 amide bonds. The van der Waals surface area contributed by atoms with Gasteiger partial charge in [-0.15, -0.1) is 0 Å². The van der Waals surface area contributed by atoms with Gasteiger partial charge in [0.1, 0.15) is 0 Å². The number of hydrogen-bond acceptors (Lipinski definition) is 3. The Kier molecular flexibility index (Phi) is 4.32. The van der Waals surface area contributed by atoms with E-state index >= 15 is 0 Å². The van der Waals surface area contributed by atoms with E-state index in [1.54, 1.807) is 0 Å². The third kappa shape index (κ3) is 3.38. The van der Waals surface area contributed by atoms with E-state index in [4.69, 9.17) is 4.74 Å². The van der Waals surface area contributed by atoms with Crippen molar-refractivity contribution in [2.75, 3.05) is 18.9 Å². The van der Waals surface area contributed by atoms with Crippen LogP contribution in [0.15, 0.2) is 4.99 Å². The summed E-state index contributed by atoms with van der Waals surface area (Å²) < 4.78 is 5.55. The Bertz CT molecular complexity index is 227. The smallest absolute Gasteiger partial charge is 0.156 e. The summed E-state index contributed by atoms with van der Waals surface area (Å²) >= 11 is 1.85. The number of hydrogen-bond donors (Lipinski definition) is 1. The van der Waals surface area contributed by atoms with Gasteiger partial charge < -0.3 is 10.1 Å². The zero-order valence-electron chi connectivity index (χ0n) is 9.37. The van der Waals surface area contributed by atoms with Crippen molar-refractivity contribution in [1.82, 2.24) is 5.32 Å². The van der Waals surface area contributed by atoms with Crippen LogP contribution in [0.3, 0.4) is 0 Å². The lowest BCUT2D eigenvalue weighted by Gasteiger charge is -2.24. The number of ether oxygens (including phenoxy) is 1. The topological polar surface area (TPSA) is 33.6 Å². The second-order valence-corrected chi connectivity index (χ2v) is 5.25. The highest BCUT2D eigenvalue weighted by Crippen LogP contribution is 2.17. The predicted octanol–water partition coefficient (Wildman–Crippen LogP) is 2.03. The van der Waals surface area contributed by atoms with Gasteiger partial charge in [0.2, 0.25) is 0 Å². The van der Waals surface area contributed by atoms with Gasteiger partial charge in [-0.25, -0.2) is 0 Å². The Labute approximate surface area is 96.1 Å². The summed E-state index contributed by atoms with van der Waals surface area (Å²) in [5.74, 6) is 1.20. The Balaban J connectivity index is 1.78. The molecule has 2 saturated heterocycles. The van der Waals surface area contributed by atoms with Gasteiger partial charge in [0, 0.05) is 18.4 Å². The van der Waals surface area contributed by atoms with E-state index in [9.17, 15) is 0 Å². The fourth-order valence-electron chi connectivity index (χ4n) is 1.96. The monoisotopic (exact) mass is 228 g/mol. The molecule has 0 spiro atoms. The third-order valence-electron chi connectivity index (χ3n) is 2.99. The van der Waals surface area contributed by atoms with Gasteiger partial charge in [0.05, 0.1) is 12.6 Å². The molecule has 1 N–H and O–H groups in total. The van der Waals surface area contributed by atoms with E-state index in [1.807, 2.05) is 11.8 Å². The van der Waals surface area contributed by atoms with Crippen LogP contribution in [-0.4, -0.2) is 36.2 Å². The molecule has 86 valence electrons. The average Bonchev–Trinajstić information content (AvgIpc) is 2.79. The molecule has 0 radical (unpaired) electrons. The molecule has 2 atom stereocenters. The van der Waals surface area contributed by atoms with E-state index in [0.29, 0.717) is 12.1 Å². The molecule has 15 heavy (non-hydrogen) atoms. The summed E-state index contributed by atoms with van der Waals surface area (Å²) in [7, 11) is 0. The maximum Gasteiger partial charge on any atom is 0.156 e. The number of amidine groups is 1. The number of rotatable bonds is 3. The fourth-order valence-corrected chi connectivity index (χ4v) is 2.97. The highest BCUT2D eigenvalue weighted by molar-refractivity contribution is 8.13. The van der Waals surface area contributed by atoms with Gasteiger partial charge in [-0.05, 0) is 25.7 Å². The van der Waals surface area contributed by atoms with Crippen LogP contribution >= 0.6 is 11.8 Å². The van der Waals surface area contributed by atoms with E-state index in [0.717, 1.165) is 18.3 Å². The molecule has 0 aromatic rings. The van der Waals surface area contributed by atoms with Crippen LogP contribution in [0.2, 0.25) is 0 Å². The lowest BCUT2D eigenvalue weighted by atomic mass is 10.2. The van der Waals surface area contributed by atoms with Crippen molar-refractivity contribution in [3.63, 3.8) is 0 Å². The van der Waals surface area contributed by atoms with Crippen molar-refractivity contribution in [1.29, 1.82) is 0 Å². The molecular weight excluding hydrogens is 208 g/mol. The van der Waals surface area contributed by atoms with E-state index < -0.39 is 0 Å². The summed E-state index contributed by atoms with van der Waals surface area (Å²) in [6, 6.07) is 0.634. The summed E-state index contributed by atoms with van der Waals surface area (Å²) in [5, 5.41) is 4.61. The number of thioether (sulfide) groups is 1. The van der Waals surface area contributed by atoms with E-state index in [2.05, 4.69) is 17.2 Å². The van der Waals surface area contributed by atoms with Crippen LogP contribution in [0.1, 0.15) is 32.6 Å². The van der Waals surface area contributed by atoms with Gasteiger partial charge in [-0.1, -0.05) is 18.7 Å². The lowest BCUT2D eigenvalue weighted by Crippen LogP contribution is -2.37. The molecule has 0 aromatic carbocycles. The Hall–Kier alpha value is -0.220. The molecule has 2 heterocycles. The molecule has 2 aliphatic rings. The molecule has 0 aliphatic carbocycles. The highest BCUT2D eigenvalue weighted by Gasteiger charge is 2.18. The quantitative estimate of drug-likeness (QED) is 0.802. The Morgan fingerprint density at radius 2 is 2.47 bits per heavy atom. The Morgan fingerprint density at radius 1 is 1.53 bits per heavy atom. The van der Waals surface area contributed by atoms with Crippen molar-refractivity contribution in [3.05, 3.63) is 0 Å². The molecule has 2 aliphatic heterocycles. The van der Waals surface area contributed by atoms with Crippen LogP contribution in [0.4, 0.5) is 0 Å². The highest BCUT2D eigenvalue weighted by atomic mass is 32.2. The molecule has 0 saturated carbocycles. The van der Waals surface area contributed by atoms with Gasteiger partial charge >= 0.3 is 0 Å². The van der Waals surface area contributed by atoms with Crippen LogP contribution < -0.4 is 5.32 Å². The van der Waals surface area contributed by atoms with Crippen molar-refractivity contribution < 1.29 is 4.74 Å². The predicted molar refractivity (Wildman–Crippen MR) is 65.6 cm³/mol. The maximum absolute atomic E-state index is 5.55. The van der Waals surface area contributed by atoms with E-state index in [1.165, 1.54) is 31.4 Å². The van der Waals surface area contributed by atoms with Crippen molar-refractivity contribution in [3.8, 4) is 0 Å². The lowest BCUT2D eigenvalue weighted by molar-refractivity contribution is 0.118. The number of nitrogens with zero attached hydrogens (tertiary/aromatic N) is 1. The minimum atomic E-state index is 0.377. The molecule has 2 fully saturated rings. The summed E-state index contributed by atoms with van der Waals surface area (Å²) in [4.78, 5) is 4.61. The maximum atomic E-state index is 5.55. The zero-order chi connectivity index (χ0) is 10.5. The molecule has 0 aromatic heterocycles. The number of aliphatic imine (C=N–C) groups is 1. The van der Waals surface area contributed by atoms with Crippen LogP contribution in [0, 0.1) is 0 Å². The van der Waals surface area contributed by atoms with Crippen LogP contribution in [-0.2, 0) is 4.74 Å². The first-order valence-corrected chi connectivity index (χ1v) is 6.92. The minimum absolute atomic E-state index is 0.377. The largest absolute Gasteiger partial charge is 0.376 e. The molecular formula is C11H20N2OS. The summed E-state index contributed by atoms with van der Waals surface area (Å²) in [6.07, 6.45) is 5.22. The molecule has 0 bridgehead atoms.